The number of carbonyl (C=O) groups excluding carboxylic acids is 1. The first-order valence-corrected chi connectivity index (χ1v) is 6.99. The van der Waals surface area contributed by atoms with Crippen LogP contribution in [0.15, 0.2) is 47.1 Å². The van der Waals surface area contributed by atoms with E-state index >= 15 is 0 Å². The van der Waals surface area contributed by atoms with Crippen molar-refractivity contribution in [1.29, 1.82) is 0 Å². The predicted octanol–water partition coefficient (Wildman–Crippen LogP) is 3.75. The maximum atomic E-state index is 12.5. The average molecular weight is 308 g/mol. The van der Waals surface area contributed by atoms with Crippen LogP contribution < -0.4 is 4.74 Å². The lowest BCUT2D eigenvalue weighted by molar-refractivity contribution is -0.144. The number of likely N-dealkylation sites (N-methyl/N-ethyl adjacent to an activating group) is 1. The van der Waals surface area contributed by atoms with E-state index in [9.17, 15) is 4.79 Å². The quantitative estimate of drug-likeness (QED) is 0.845. The van der Waals surface area contributed by atoms with Gasteiger partial charge in [0.15, 0.2) is 5.60 Å². The van der Waals surface area contributed by atoms with Crippen LogP contribution in [-0.2, 0) is 11.3 Å². The maximum absolute atomic E-state index is 12.5. The smallest absolute Gasteiger partial charge is 0.266 e. The molecule has 1 heterocycles. The molecule has 0 aliphatic rings. The Hall–Kier alpha value is -1.94. The number of carbonyl (C=O) groups is 1. The van der Waals surface area contributed by atoms with E-state index in [0.29, 0.717) is 17.3 Å². The highest BCUT2D eigenvalue weighted by Crippen LogP contribution is 2.22. The highest BCUT2D eigenvalue weighted by atomic mass is 35.5. The summed E-state index contributed by atoms with van der Waals surface area (Å²) in [5, 5.41) is 0.626. The van der Waals surface area contributed by atoms with Crippen LogP contribution in [0.3, 0.4) is 0 Å². The van der Waals surface area contributed by atoms with Gasteiger partial charge in [-0.15, -0.1) is 0 Å². The van der Waals surface area contributed by atoms with E-state index in [1.807, 2.05) is 6.07 Å². The zero-order chi connectivity index (χ0) is 15.5. The predicted molar refractivity (Wildman–Crippen MR) is 81.3 cm³/mol. The number of hydrogen-bond acceptors (Lipinski definition) is 3. The molecule has 21 heavy (non-hydrogen) atoms. The number of benzene rings is 1. The number of amides is 1. The third kappa shape index (κ3) is 4.02. The Morgan fingerprint density at radius 3 is 2.52 bits per heavy atom. The summed E-state index contributed by atoms with van der Waals surface area (Å²) in [4.78, 5) is 14.1. The van der Waals surface area contributed by atoms with E-state index in [4.69, 9.17) is 20.8 Å². The van der Waals surface area contributed by atoms with E-state index < -0.39 is 5.60 Å². The first-order valence-electron chi connectivity index (χ1n) is 6.61. The summed E-state index contributed by atoms with van der Waals surface area (Å²) < 4.78 is 11.0. The summed E-state index contributed by atoms with van der Waals surface area (Å²) in [6.07, 6.45) is 1.59. The van der Waals surface area contributed by atoms with Crippen molar-refractivity contribution in [2.45, 2.75) is 26.0 Å². The molecule has 5 heteroatoms. The van der Waals surface area contributed by atoms with E-state index in [-0.39, 0.29) is 5.91 Å². The van der Waals surface area contributed by atoms with Crippen molar-refractivity contribution in [3.63, 3.8) is 0 Å². The van der Waals surface area contributed by atoms with Gasteiger partial charge in [-0.1, -0.05) is 11.6 Å². The first-order chi connectivity index (χ1) is 9.88. The number of hydrogen-bond donors (Lipinski definition) is 0. The molecule has 0 radical (unpaired) electrons. The second kappa shape index (κ2) is 6.22. The Balaban J connectivity index is 2.03. The zero-order valence-corrected chi connectivity index (χ0v) is 13.1. The second-order valence-corrected chi connectivity index (χ2v) is 5.74. The molecular weight excluding hydrogens is 290 g/mol. The topological polar surface area (TPSA) is 42.7 Å². The zero-order valence-electron chi connectivity index (χ0n) is 12.3. The van der Waals surface area contributed by atoms with Crippen LogP contribution in [0.2, 0.25) is 5.02 Å². The van der Waals surface area contributed by atoms with E-state index in [2.05, 4.69) is 0 Å². The van der Waals surface area contributed by atoms with Crippen LogP contribution in [0.5, 0.6) is 5.75 Å². The summed E-state index contributed by atoms with van der Waals surface area (Å²) in [6.45, 7) is 3.88. The van der Waals surface area contributed by atoms with Gasteiger partial charge >= 0.3 is 0 Å². The Bertz CT molecular complexity index is 590. The van der Waals surface area contributed by atoms with E-state index in [1.165, 1.54) is 0 Å². The van der Waals surface area contributed by atoms with Crippen molar-refractivity contribution in [3.8, 4) is 5.75 Å². The number of halogens is 1. The molecule has 0 unspecified atom stereocenters. The lowest BCUT2D eigenvalue weighted by Gasteiger charge is -2.29. The molecule has 112 valence electrons. The van der Waals surface area contributed by atoms with Gasteiger partial charge in [-0.05, 0) is 50.2 Å². The monoisotopic (exact) mass is 307 g/mol. The van der Waals surface area contributed by atoms with Gasteiger partial charge in [0.2, 0.25) is 0 Å². The third-order valence-electron chi connectivity index (χ3n) is 3.02. The normalized spacial score (nSPS) is 11.2. The van der Waals surface area contributed by atoms with Crippen molar-refractivity contribution in [3.05, 3.63) is 53.4 Å². The van der Waals surface area contributed by atoms with Gasteiger partial charge in [0.25, 0.3) is 5.91 Å². The minimum absolute atomic E-state index is 0.131. The fourth-order valence-electron chi connectivity index (χ4n) is 2.01. The van der Waals surface area contributed by atoms with Crippen molar-refractivity contribution >= 4 is 17.5 Å². The molecule has 2 aromatic rings. The van der Waals surface area contributed by atoms with Gasteiger partial charge in [-0.2, -0.15) is 0 Å². The van der Waals surface area contributed by atoms with Crippen molar-refractivity contribution < 1.29 is 13.9 Å². The van der Waals surface area contributed by atoms with Crippen LogP contribution in [-0.4, -0.2) is 23.5 Å². The Morgan fingerprint density at radius 2 is 1.95 bits per heavy atom. The lowest BCUT2D eigenvalue weighted by Crippen LogP contribution is -2.47. The molecule has 1 aromatic heterocycles. The molecule has 1 amide bonds. The fraction of sp³-hybridized carbons (Fsp3) is 0.312. The summed E-state index contributed by atoms with van der Waals surface area (Å²) in [7, 11) is 1.72. The highest BCUT2D eigenvalue weighted by molar-refractivity contribution is 6.30. The third-order valence-corrected chi connectivity index (χ3v) is 3.27. The largest absolute Gasteiger partial charge is 0.478 e. The number of rotatable bonds is 5. The molecule has 0 aliphatic carbocycles. The first kappa shape index (κ1) is 15.4. The second-order valence-electron chi connectivity index (χ2n) is 5.31. The van der Waals surface area contributed by atoms with Crippen molar-refractivity contribution in [1.82, 2.24) is 4.90 Å². The number of nitrogens with zero attached hydrogens (tertiary/aromatic N) is 1. The maximum Gasteiger partial charge on any atom is 0.266 e. The summed E-state index contributed by atoms with van der Waals surface area (Å²) >= 11 is 5.83. The van der Waals surface area contributed by atoms with Gasteiger partial charge in [0, 0.05) is 12.1 Å². The number of furan rings is 1. The molecule has 0 aliphatic heterocycles. The van der Waals surface area contributed by atoms with Crippen LogP contribution in [0, 0.1) is 0 Å². The van der Waals surface area contributed by atoms with Gasteiger partial charge in [-0.25, -0.2) is 0 Å². The molecule has 4 nitrogen and oxygen atoms in total. The Morgan fingerprint density at radius 1 is 1.29 bits per heavy atom. The van der Waals surface area contributed by atoms with Crippen LogP contribution in [0.1, 0.15) is 19.6 Å². The molecular formula is C16H18ClNO3. The molecule has 0 atom stereocenters. The Kier molecular flexibility index (Phi) is 4.58. The van der Waals surface area contributed by atoms with Crippen LogP contribution in [0.25, 0.3) is 0 Å². The molecule has 0 spiro atoms. The summed E-state index contributed by atoms with van der Waals surface area (Å²) in [5.41, 5.74) is -0.977. The Labute approximate surface area is 129 Å². The van der Waals surface area contributed by atoms with Gasteiger partial charge in [0.1, 0.15) is 11.5 Å². The van der Waals surface area contributed by atoms with Gasteiger partial charge in [0.05, 0.1) is 12.8 Å². The van der Waals surface area contributed by atoms with Gasteiger partial charge in [-0.3, -0.25) is 4.79 Å². The van der Waals surface area contributed by atoms with Crippen LogP contribution in [0.4, 0.5) is 0 Å². The SMILES string of the molecule is CN(Cc1ccco1)C(=O)C(C)(C)Oc1ccc(Cl)cc1. The molecule has 0 N–H and O–H groups in total. The molecule has 2 rings (SSSR count). The highest BCUT2D eigenvalue weighted by Gasteiger charge is 2.33. The minimum atomic E-state index is -0.977. The number of ether oxygens (including phenoxy) is 1. The van der Waals surface area contributed by atoms with Gasteiger partial charge < -0.3 is 14.1 Å². The van der Waals surface area contributed by atoms with Crippen molar-refractivity contribution in [2.24, 2.45) is 0 Å². The average Bonchev–Trinajstić information content (AvgIpc) is 2.93. The van der Waals surface area contributed by atoms with E-state index in [0.717, 1.165) is 5.76 Å². The summed E-state index contributed by atoms with van der Waals surface area (Å²) in [5.74, 6) is 1.20. The lowest BCUT2D eigenvalue weighted by atomic mass is 10.1. The van der Waals surface area contributed by atoms with Crippen LogP contribution >= 0.6 is 11.6 Å². The fourth-order valence-corrected chi connectivity index (χ4v) is 2.13. The molecule has 0 saturated heterocycles. The molecule has 1 aromatic carbocycles. The standard InChI is InChI=1S/C16H18ClNO3/c1-16(2,21-13-8-6-12(17)7-9-13)15(19)18(3)11-14-5-4-10-20-14/h4-10H,11H2,1-3H3. The van der Waals surface area contributed by atoms with Crippen molar-refractivity contribution in [2.75, 3.05) is 7.05 Å². The molecule has 0 fully saturated rings. The van der Waals surface area contributed by atoms with E-state index in [1.54, 1.807) is 62.4 Å². The molecule has 0 bridgehead atoms. The molecule has 0 saturated carbocycles. The summed E-state index contributed by atoms with van der Waals surface area (Å²) in [6, 6.07) is 10.6. The minimum Gasteiger partial charge on any atom is -0.478 e.